The summed E-state index contributed by atoms with van der Waals surface area (Å²) in [6.45, 7) is 1.89. The van der Waals surface area contributed by atoms with Crippen LogP contribution in [0.3, 0.4) is 0 Å². The van der Waals surface area contributed by atoms with Gasteiger partial charge in [0.05, 0.1) is 18.8 Å². The van der Waals surface area contributed by atoms with Gasteiger partial charge in [-0.1, -0.05) is 0 Å². The van der Waals surface area contributed by atoms with E-state index in [9.17, 15) is 29.4 Å². The Morgan fingerprint density at radius 2 is 1.52 bits per heavy atom. The zero-order valence-electron chi connectivity index (χ0n) is 15.5. The summed E-state index contributed by atoms with van der Waals surface area (Å²) in [4.78, 5) is 47.4. The molecule has 0 rings (SSSR count). The van der Waals surface area contributed by atoms with E-state index < -0.39 is 60.6 Å². The standard InChI is InChI=1S/C15H28N4O7S/c1-7(16)12(22)18-10(6-20)14(24)17-9(4-5-27-3)13(23)19-11(8(2)21)15(25)26/h7-11,20-21H,4-6,16H2,1-3H3,(H,17,24)(H,18,22)(H,19,23)(H,25,26). The molecule has 12 heteroatoms. The molecule has 0 saturated carbocycles. The second-order valence-electron chi connectivity index (χ2n) is 5.94. The Labute approximate surface area is 161 Å². The summed E-state index contributed by atoms with van der Waals surface area (Å²) in [6.07, 6.45) is 0.606. The molecule has 8 N–H and O–H groups in total. The highest BCUT2D eigenvalue weighted by atomic mass is 32.2. The van der Waals surface area contributed by atoms with Gasteiger partial charge in [-0.3, -0.25) is 14.4 Å². The zero-order valence-corrected chi connectivity index (χ0v) is 16.3. The van der Waals surface area contributed by atoms with Crippen LogP contribution in [0.1, 0.15) is 20.3 Å². The quantitative estimate of drug-likeness (QED) is 0.176. The summed E-state index contributed by atoms with van der Waals surface area (Å²) < 4.78 is 0. The Bertz CT molecular complexity index is 530. The van der Waals surface area contributed by atoms with Crippen molar-refractivity contribution in [3.63, 3.8) is 0 Å². The zero-order chi connectivity index (χ0) is 21.1. The van der Waals surface area contributed by atoms with Gasteiger partial charge in [0.1, 0.15) is 12.1 Å². The van der Waals surface area contributed by atoms with Gasteiger partial charge in [-0.25, -0.2) is 4.79 Å². The molecule has 5 atom stereocenters. The molecule has 0 saturated heterocycles. The minimum Gasteiger partial charge on any atom is -0.480 e. The first-order valence-corrected chi connectivity index (χ1v) is 9.61. The molecule has 0 spiro atoms. The van der Waals surface area contributed by atoms with Gasteiger partial charge >= 0.3 is 5.97 Å². The monoisotopic (exact) mass is 408 g/mol. The van der Waals surface area contributed by atoms with Gasteiger partial charge in [-0.15, -0.1) is 0 Å². The number of hydrogen-bond acceptors (Lipinski definition) is 8. The number of hydrogen-bond donors (Lipinski definition) is 7. The molecule has 0 aromatic carbocycles. The maximum Gasteiger partial charge on any atom is 0.328 e. The number of nitrogens with two attached hydrogens (primary N) is 1. The van der Waals surface area contributed by atoms with Crippen molar-refractivity contribution in [1.29, 1.82) is 0 Å². The molecule has 0 aliphatic rings. The molecular weight excluding hydrogens is 380 g/mol. The van der Waals surface area contributed by atoms with Crippen molar-refractivity contribution in [3.05, 3.63) is 0 Å². The van der Waals surface area contributed by atoms with Crippen LogP contribution in [-0.2, 0) is 19.2 Å². The van der Waals surface area contributed by atoms with Crippen molar-refractivity contribution in [1.82, 2.24) is 16.0 Å². The fourth-order valence-corrected chi connectivity index (χ4v) is 2.39. The molecule has 0 aromatic heterocycles. The van der Waals surface area contributed by atoms with Crippen molar-refractivity contribution < 1.29 is 34.5 Å². The Morgan fingerprint density at radius 3 is 1.93 bits per heavy atom. The lowest BCUT2D eigenvalue weighted by molar-refractivity contribution is -0.145. The molecule has 3 amide bonds. The highest BCUT2D eigenvalue weighted by molar-refractivity contribution is 7.98. The smallest absolute Gasteiger partial charge is 0.328 e. The number of carboxylic acid groups (broad SMARTS) is 1. The molecule has 5 unspecified atom stereocenters. The molecule has 156 valence electrons. The first-order valence-electron chi connectivity index (χ1n) is 8.22. The number of carboxylic acids is 1. The van der Waals surface area contributed by atoms with Crippen LogP contribution in [0, 0.1) is 0 Å². The van der Waals surface area contributed by atoms with Crippen molar-refractivity contribution in [2.45, 2.75) is 50.5 Å². The molecule has 0 heterocycles. The third-order valence-corrected chi connectivity index (χ3v) is 4.16. The van der Waals surface area contributed by atoms with Crippen molar-refractivity contribution in [2.75, 3.05) is 18.6 Å². The SMILES string of the molecule is CSCCC(NC(=O)C(CO)NC(=O)C(C)N)C(=O)NC(C(=O)O)C(C)O. The molecule has 0 aliphatic heterocycles. The first kappa shape index (κ1) is 25.1. The average Bonchev–Trinajstić information content (AvgIpc) is 2.59. The number of thioether (sulfide) groups is 1. The Kier molecular flexibility index (Phi) is 11.6. The van der Waals surface area contributed by atoms with Gasteiger partial charge in [0.2, 0.25) is 17.7 Å². The number of carbonyl (C=O) groups excluding carboxylic acids is 3. The van der Waals surface area contributed by atoms with E-state index in [-0.39, 0.29) is 6.42 Å². The van der Waals surface area contributed by atoms with Crippen LogP contribution in [0.4, 0.5) is 0 Å². The summed E-state index contributed by atoms with van der Waals surface area (Å²) in [5, 5.41) is 34.6. The Morgan fingerprint density at radius 1 is 1.00 bits per heavy atom. The van der Waals surface area contributed by atoms with Crippen LogP contribution < -0.4 is 21.7 Å². The van der Waals surface area contributed by atoms with Crippen LogP contribution in [-0.4, -0.2) is 87.9 Å². The lowest BCUT2D eigenvalue weighted by Crippen LogP contribution is -2.59. The number of amides is 3. The van der Waals surface area contributed by atoms with Gasteiger partial charge in [-0.2, -0.15) is 11.8 Å². The largest absolute Gasteiger partial charge is 0.480 e. The van der Waals surface area contributed by atoms with E-state index in [0.29, 0.717) is 5.75 Å². The molecule has 0 fully saturated rings. The number of rotatable bonds is 12. The lowest BCUT2D eigenvalue weighted by Gasteiger charge is -2.24. The van der Waals surface area contributed by atoms with Crippen LogP contribution >= 0.6 is 11.8 Å². The Hall–Kier alpha value is -1.89. The minimum absolute atomic E-state index is 0.171. The van der Waals surface area contributed by atoms with E-state index in [0.717, 1.165) is 0 Å². The maximum absolute atomic E-state index is 12.4. The van der Waals surface area contributed by atoms with Crippen molar-refractivity contribution in [3.8, 4) is 0 Å². The number of aliphatic hydroxyl groups is 2. The van der Waals surface area contributed by atoms with Gasteiger partial charge in [-0.05, 0) is 32.3 Å². The maximum atomic E-state index is 12.4. The highest BCUT2D eigenvalue weighted by Crippen LogP contribution is 2.04. The van der Waals surface area contributed by atoms with Crippen LogP contribution in [0.5, 0.6) is 0 Å². The summed E-state index contributed by atoms with van der Waals surface area (Å²) in [7, 11) is 0. The third kappa shape index (κ3) is 9.04. The van der Waals surface area contributed by atoms with Gasteiger partial charge in [0.25, 0.3) is 0 Å². The molecule has 27 heavy (non-hydrogen) atoms. The molecular formula is C15H28N4O7S. The highest BCUT2D eigenvalue weighted by Gasteiger charge is 2.31. The number of carbonyl (C=O) groups is 4. The summed E-state index contributed by atoms with van der Waals surface area (Å²) in [5.74, 6) is -3.24. The van der Waals surface area contributed by atoms with E-state index in [4.69, 9.17) is 10.8 Å². The topological polar surface area (TPSA) is 191 Å². The predicted octanol–water partition coefficient (Wildman–Crippen LogP) is -3.00. The number of nitrogens with one attached hydrogen (secondary N) is 3. The van der Waals surface area contributed by atoms with Gasteiger partial charge in [0.15, 0.2) is 6.04 Å². The average molecular weight is 408 g/mol. The van der Waals surface area contributed by atoms with E-state index in [1.54, 1.807) is 6.26 Å². The fraction of sp³-hybridized carbons (Fsp3) is 0.733. The second kappa shape index (κ2) is 12.5. The third-order valence-electron chi connectivity index (χ3n) is 3.52. The molecule has 0 bridgehead atoms. The van der Waals surface area contributed by atoms with Crippen LogP contribution in [0.25, 0.3) is 0 Å². The van der Waals surface area contributed by atoms with Crippen molar-refractivity contribution in [2.24, 2.45) is 5.73 Å². The van der Waals surface area contributed by atoms with E-state index >= 15 is 0 Å². The number of aliphatic carboxylic acids is 1. The lowest BCUT2D eigenvalue weighted by atomic mass is 10.1. The normalized spacial score (nSPS) is 16.4. The van der Waals surface area contributed by atoms with Crippen LogP contribution in [0.2, 0.25) is 0 Å². The summed E-state index contributed by atoms with van der Waals surface area (Å²) in [5.41, 5.74) is 5.39. The van der Waals surface area contributed by atoms with E-state index in [1.165, 1.54) is 25.6 Å². The minimum atomic E-state index is -1.54. The van der Waals surface area contributed by atoms with Crippen LogP contribution in [0.15, 0.2) is 0 Å². The Balaban J connectivity index is 5.16. The first-order chi connectivity index (χ1) is 12.5. The molecule has 11 nitrogen and oxygen atoms in total. The van der Waals surface area contributed by atoms with E-state index in [2.05, 4.69) is 16.0 Å². The molecule has 0 aliphatic carbocycles. The summed E-state index contributed by atoms with van der Waals surface area (Å²) >= 11 is 1.40. The number of aliphatic hydroxyl groups excluding tert-OH is 2. The van der Waals surface area contributed by atoms with Gasteiger partial charge in [0, 0.05) is 0 Å². The second-order valence-corrected chi connectivity index (χ2v) is 6.93. The van der Waals surface area contributed by atoms with Crippen molar-refractivity contribution >= 4 is 35.5 Å². The molecule has 0 radical (unpaired) electrons. The predicted molar refractivity (Wildman–Crippen MR) is 98.8 cm³/mol. The molecule has 0 aromatic rings. The fourth-order valence-electron chi connectivity index (χ4n) is 1.92. The summed E-state index contributed by atoms with van der Waals surface area (Å²) in [6, 6.07) is -4.88. The van der Waals surface area contributed by atoms with Gasteiger partial charge < -0.3 is 37.0 Å². The van der Waals surface area contributed by atoms with E-state index in [1.807, 2.05) is 0 Å².